The zero-order valence-electron chi connectivity index (χ0n) is 12.0. The lowest BCUT2D eigenvalue weighted by Gasteiger charge is -2.14. The highest BCUT2D eigenvalue weighted by atomic mass is 16.4. The number of hydrogen-bond acceptors (Lipinski definition) is 1. The van der Waals surface area contributed by atoms with Gasteiger partial charge in [0.15, 0.2) is 0 Å². The molecule has 0 spiro atoms. The Morgan fingerprint density at radius 1 is 0.636 bits per heavy atom. The van der Waals surface area contributed by atoms with Crippen LogP contribution in [0.3, 0.4) is 0 Å². The van der Waals surface area contributed by atoms with Crippen LogP contribution in [0.2, 0.25) is 0 Å². The fraction of sp³-hybridized carbons (Fsp3) is 0.0500. The third kappa shape index (κ3) is 2.91. The van der Waals surface area contributed by atoms with Crippen molar-refractivity contribution in [3.8, 4) is 11.1 Å². The fourth-order valence-corrected chi connectivity index (χ4v) is 2.62. The van der Waals surface area contributed by atoms with Crippen molar-refractivity contribution >= 4 is 5.97 Å². The number of benzene rings is 3. The Bertz CT molecular complexity index is 747. The van der Waals surface area contributed by atoms with Gasteiger partial charge in [0, 0.05) is 0 Å². The molecule has 3 aromatic rings. The maximum absolute atomic E-state index is 11.7. The molecule has 3 aromatic carbocycles. The Labute approximate surface area is 129 Å². The summed E-state index contributed by atoms with van der Waals surface area (Å²) in [5.74, 6) is -1.47. The normalized spacial score (nSPS) is 11.8. The van der Waals surface area contributed by atoms with Crippen LogP contribution in [-0.2, 0) is 4.79 Å². The summed E-state index contributed by atoms with van der Waals surface area (Å²) in [4.78, 5) is 11.7. The summed E-state index contributed by atoms with van der Waals surface area (Å²) >= 11 is 0. The van der Waals surface area contributed by atoms with Gasteiger partial charge in [0.2, 0.25) is 0 Å². The first kappa shape index (κ1) is 14.1. The summed E-state index contributed by atoms with van der Waals surface area (Å²) < 4.78 is 0. The summed E-state index contributed by atoms with van der Waals surface area (Å²) in [6.45, 7) is 0. The average molecular weight is 288 g/mol. The van der Waals surface area contributed by atoms with E-state index >= 15 is 0 Å². The molecule has 0 aromatic heterocycles. The molecule has 0 aliphatic heterocycles. The second kappa shape index (κ2) is 6.27. The van der Waals surface area contributed by atoms with Crippen LogP contribution in [0, 0.1) is 0 Å². The molecule has 108 valence electrons. The van der Waals surface area contributed by atoms with Crippen molar-refractivity contribution in [2.24, 2.45) is 0 Å². The molecule has 0 heterocycles. The van der Waals surface area contributed by atoms with Gasteiger partial charge in [-0.2, -0.15) is 0 Å². The molecule has 0 amide bonds. The lowest BCUT2D eigenvalue weighted by molar-refractivity contribution is -0.137. The van der Waals surface area contributed by atoms with Crippen LogP contribution >= 0.6 is 0 Å². The predicted octanol–water partition coefficient (Wildman–Crippen LogP) is 4.57. The largest absolute Gasteiger partial charge is 0.481 e. The zero-order valence-corrected chi connectivity index (χ0v) is 12.0. The molecule has 0 aliphatic rings. The minimum Gasteiger partial charge on any atom is -0.481 e. The number of aliphatic carboxylic acids is 1. The standard InChI is InChI=1S/C20H16O2/c21-20(22)19(17-9-5-2-6-10-17)18-13-11-16(12-14-18)15-7-3-1-4-8-15/h1-14,19H,(H,21,22). The second-order valence-corrected chi connectivity index (χ2v) is 5.17. The molecule has 2 nitrogen and oxygen atoms in total. The Morgan fingerprint density at radius 3 is 1.64 bits per heavy atom. The van der Waals surface area contributed by atoms with E-state index in [1.807, 2.05) is 84.9 Å². The third-order valence-corrected chi connectivity index (χ3v) is 3.73. The van der Waals surface area contributed by atoms with E-state index in [0.29, 0.717) is 0 Å². The van der Waals surface area contributed by atoms with Crippen LogP contribution in [-0.4, -0.2) is 11.1 Å². The van der Waals surface area contributed by atoms with Gasteiger partial charge in [0.1, 0.15) is 5.92 Å². The molecule has 0 bridgehead atoms. The van der Waals surface area contributed by atoms with Gasteiger partial charge in [-0.1, -0.05) is 84.9 Å². The summed E-state index contributed by atoms with van der Waals surface area (Å²) in [6.07, 6.45) is 0. The Kier molecular flexibility index (Phi) is 4.01. The molecular formula is C20H16O2. The molecule has 2 heteroatoms. The van der Waals surface area contributed by atoms with Crippen LogP contribution in [0.15, 0.2) is 84.9 Å². The van der Waals surface area contributed by atoms with Crippen molar-refractivity contribution in [1.29, 1.82) is 0 Å². The SMILES string of the molecule is O=C(O)C(c1ccccc1)c1ccc(-c2ccccc2)cc1. The van der Waals surface area contributed by atoms with Gasteiger partial charge in [-0.05, 0) is 22.3 Å². The highest BCUT2D eigenvalue weighted by molar-refractivity contribution is 5.80. The molecular weight excluding hydrogens is 272 g/mol. The van der Waals surface area contributed by atoms with E-state index in [0.717, 1.165) is 22.3 Å². The van der Waals surface area contributed by atoms with Crippen LogP contribution in [0.5, 0.6) is 0 Å². The Morgan fingerprint density at radius 2 is 1.09 bits per heavy atom. The van der Waals surface area contributed by atoms with Gasteiger partial charge in [0.25, 0.3) is 0 Å². The number of rotatable bonds is 4. The van der Waals surface area contributed by atoms with Crippen molar-refractivity contribution in [2.45, 2.75) is 5.92 Å². The molecule has 0 radical (unpaired) electrons. The molecule has 0 saturated heterocycles. The van der Waals surface area contributed by atoms with Crippen LogP contribution < -0.4 is 0 Å². The van der Waals surface area contributed by atoms with E-state index in [2.05, 4.69) is 0 Å². The van der Waals surface area contributed by atoms with Crippen molar-refractivity contribution in [2.75, 3.05) is 0 Å². The first-order valence-electron chi connectivity index (χ1n) is 7.19. The van der Waals surface area contributed by atoms with Crippen molar-refractivity contribution in [3.63, 3.8) is 0 Å². The maximum atomic E-state index is 11.7. The second-order valence-electron chi connectivity index (χ2n) is 5.17. The van der Waals surface area contributed by atoms with E-state index in [9.17, 15) is 9.90 Å². The van der Waals surface area contributed by atoms with E-state index in [1.54, 1.807) is 0 Å². The fourth-order valence-electron chi connectivity index (χ4n) is 2.62. The topological polar surface area (TPSA) is 37.3 Å². The van der Waals surface area contributed by atoms with E-state index < -0.39 is 11.9 Å². The highest BCUT2D eigenvalue weighted by Crippen LogP contribution is 2.27. The number of carbonyl (C=O) groups is 1. The van der Waals surface area contributed by atoms with Gasteiger partial charge >= 0.3 is 5.97 Å². The van der Waals surface area contributed by atoms with Crippen molar-refractivity contribution in [3.05, 3.63) is 96.1 Å². The first-order valence-corrected chi connectivity index (χ1v) is 7.19. The van der Waals surface area contributed by atoms with E-state index in [-0.39, 0.29) is 0 Å². The summed E-state index contributed by atoms with van der Waals surface area (Å²) in [5.41, 5.74) is 3.79. The molecule has 22 heavy (non-hydrogen) atoms. The molecule has 0 fully saturated rings. The van der Waals surface area contributed by atoms with Crippen molar-refractivity contribution < 1.29 is 9.90 Å². The minimum atomic E-state index is -0.835. The van der Waals surface area contributed by atoms with Gasteiger partial charge in [-0.15, -0.1) is 0 Å². The minimum absolute atomic E-state index is 0.633. The number of hydrogen-bond donors (Lipinski definition) is 1. The zero-order chi connectivity index (χ0) is 15.4. The summed E-state index contributed by atoms with van der Waals surface area (Å²) in [6, 6.07) is 27.1. The lowest BCUT2D eigenvalue weighted by Crippen LogP contribution is -2.12. The number of carboxylic acids is 1. The summed E-state index contributed by atoms with van der Waals surface area (Å²) in [5, 5.41) is 9.57. The quantitative estimate of drug-likeness (QED) is 0.763. The molecule has 0 aliphatic carbocycles. The van der Waals surface area contributed by atoms with Gasteiger partial charge in [-0.25, -0.2) is 0 Å². The Hall–Kier alpha value is -2.87. The average Bonchev–Trinajstić information content (AvgIpc) is 2.57. The van der Waals surface area contributed by atoms with Crippen LogP contribution in [0.25, 0.3) is 11.1 Å². The van der Waals surface area contributed by atoms with E-state index in [1.165, 1.54) is 0 Å². The van der Waals surface area contributed by atoms with Gasteiger partial charge in [0.05, 0.1) is 0 Å². The molecule has 1 N–H and O–H groups in total. The maximum Gasteiger partial charge on any atom is 0.315 e. The predicted molar refractivity (Wildman–Crippen MR) is 87.8 cm³/mol. The van der Waals surface area contributed by atoms with Gasteiger partial charge < -0.3 is 5.11 Å². The molecule has 1 atom stereocenters. The van der Waals surface area contributed by atoms with Crippen LogP contribution in [0.1, 0.15) is 17.0 Å². The Balaban J connectivity index is 1.95. The van der Waals surface area contributed by atoms with E-state index in [4.69, 9.17) is 0 Å². The molecule has 3 rings (SSSR count). The smallest absolute Gasteiger partial charge is 0.315 e. The van der Waals surface area contributed by atoms with Crippen molar-refractivity contribution in [1.82, 2.24) is 0 Å². The first-order chi connectivity index (χ1) is 10.8. The van der Waals surface area contributed by atoms with Gasteiger partial charge in [-0.3, -0.25) is 4.79 Å². The summed E-state index contributed by atoms with van der Waals surface area (Å²) in [7, 11) is 0. The monoisotopic (exact) mass is 288 g/mol. The lowest BCUT2D eigenvalue weighted by atomic mass is 9.90. The third-order valence-electron chi connectivity index (χ3n) is 3.73. The molecule has 0 saturated carbocycles. The van der Waals surface area contributed by atoms with Crippen LogP contribution in [0.4, 0.5) is 0 Å². The molecule has 1 unspecified atom stereocenters. The highest BCUT2D eigenvalue weighted by Gasteiger charge is 2.21. The number of carboxylic acid groups (broad SMARTS) is 1.